The quantitative estimate of drug-likeness (QED) is 0.544. The predicted molar refractivity (Wildman–Crippen MR) is 49.7 cm³/mol. The molecular formula is C7H9ClN2O6S. The summed E-state index contributed by atoms with van der Waals surface area (Å²) in [6.07, 6.45) is 1.95. The molecule has 1 heterocycles. The first-order valence-corrected chi connectivity index (χ1v) is 6.61. The first kappa shape index (κ1) is 14.1. The van der Waals surface area contributed by atoms with Crippen molar-refractivity contribution < 1.29 is 28.6 Å². The molecule has 1 rings (SSSR count). The van der Waals surface area contributed by atoms with Gasteiger partial charge in [-0.2, -0.15) is 14.0 Å². The van der Waals surface area contributed by atoms with E-state index < -0.39 is 21.5 Å². The number of aromatic nitrogens is 2. The van der Waals surface area contributed by atoms with Crippen molar-refractivity contribution in [2.45, 2.75) is 13.3 Å². The molecule has 0 aliphatic rings. The highest BCUT2D eigenvalue weighted by atomic mass is 35.7. The number of rotatable bonds is 5. The average molecular weight is 285 g/mol. The van der Waals surface area contributed by atoms with Gasteiger partial charge in [-0.15, -0.1) is 0 Å². The molecule has 0 aromatic carbocycles. The van der Waals surface area contributed by atoms with Gasteiger partial charge in [0.1, 0.15) is 0 Å². The maximum absolute atomic E-state index is 11.5. The number of hydrogen-bond acceptors (Lipinski definition) is 7. The van der Waals surface area contributed by atoms with E-state index in [1.54, 1.807) is 0 Å². The van der Waals surface area contributed by atoms with E-state index in [0.29, 0.717) is 5.75 Å². The van der Waals surface area contributed by atoms with Gasteiger partial charge in [0.25, 0.3) is 0 Å². The van der Waals surface area contributed by atoms with Gasteiger partial charge in [0, 0.05) is 22.7 Å². The smallest absolute Gasteiger partial charge is 0.265 e. The molecule has 0 unspecified atom stereocenters. The normalized spacial score (nSPS) is 11.5. The Morgan fingerprint density at radius 3 is 2.59 bits per heavy atom. The number of hydrogen-bond donors (Lipinski definition) is 0. The Morgan fingerprint density at radius 2 is 2.06 bits per heavy atom. The molecule has 0 atom stereocenters. The van der Waals surface area contributed by atoms with Gasteiger partial charge >= 0.3 is 11.2 Å². The Bertz CT molecular complexity index is 492. The van der Waals surface area contributed by atoms with Crippen LogP contribution >= 0.6 is 11.9 Å². The highest BCUT2D eigenvalue weighted by Crippen LogP contribution is 2.01. The Labute approximate surface area is 102 Å². The molecule has 0 N–H and O–H groups in total. The fourth-order valence-electron chi connectivity index (χ4n) is 0.883. The summed E-state index contributed by atoms with van der Waals surface area (Å²) in [5, 5.41) is 0. The third-order valence-corrected chi connectivity index (χ3v) is 2.96. The van der Waals surface area contributed by atoms with Crippen molar-refractivity contribution in [3.63, 3.8) is 0 Å². The van der Waals surface area contributed by atoms with E-state index in [1.165, 1.54) is 6.20 Å². The van der Waals surface area contributed by atoms with Crippen LogP contribution in [0.3, 0.4) is 0 Å². The van der Waals surface area contributed by atoms with Gasteiger partial charge in [0.15, 0.2) is 10.2 Å². The average Bonchev–Trinajstić information content (AvgIpc) is 2.22. The van der Waals surface area contributed by atoms with Crippen LogP contribution in [0.1, 0.15) is 13.3 Å². The molecule has 0 aliphatic heterocycles. The van der Waals surface area contributed by atoms with Gasteiger partial charge in [-0.3, -0.25) is 4.79 Å². The van der Waals surface area contributed by atoms with E-state index in [1.807, 2.05) is 6.92 Å². The lowest BCUT2D eigenvalue weighted by atomic mass is 10.6. The van der Waals surface area contributed by atoms with E-state index in [-0.39, 0.29) is 4.73 Å². The summed E-state index contributed by atoms with van der Waals surface area (Å²) in [5.41, 5.74) is -2.07. The molecule has 0 bridgehead atoms. The summed E-state index contributed by atoms with van der Waals surface area (Å²) in [5.74, 6) is 0.583. The van der Waals surface area contributed by atoms with Crippen molar-refractivity contribution in [1.29, 1.82) is 0 Å². The Kier molecular flexibility index (Phi) is 4.60. The largest absolute Gasteiger partial charge is 0.388 e. The molecule has 17 heavy (non-hydrogen) atoms. The van der Waals surface area contributed by atoms with E-state index >= 15 is 0 Å². The first-order chi connectivity index (χ1) is 7.85. The summed E-state index contributed by atoms with van der Waals surface area (Å²) in [7, 11) is -4.89. The zero-order valence-corrected chi connectivity index (χ0v) is 10.3. The second-order valence-corrected chi connectivity index (χ2v) is 4.79. The molecule has 0 saturated heterocycles. The molecule has 0 aliphatic carbocycles. The second-order valence-electron chi connectivity index (χ2n) is 2.84. The van der Waals surface area contributed by atoms with Crippen LogP contribution in [0.4, 0.5) is 0 Å². The summed E-state index contributed by atoms with van der Waals surface area (Å²) in [6, 6.07) is 0.921. The van der Waals surface area contributed by atoms with Crippen LogP contribution in [-0.4, -0.2) is 14.5 Å². The van der Waals surface area contributed by atoms with Crippen molar-refractivity contribution >= 4 is 11.9 Å². The van der Waals surface area contributed by atoms with Crippen molar-refractivity contribution in [2.24, 2.45) is 0 Å². The van der Waals surface area contributed by atoms with Crippen molar-refractivity contribution in [3.8, 4) is 0 Å². The van der Waals surface area contributed by atoms with Gasteiger partial charge in [-0.25, -0.2) is 8.77 Å². The van der Waals surface area contributed by atoms with Crippen LogP contribution in [0.5, 0.6) is 0 Å². The van der Waals surface area contributed by atoms with E-state index in [9.17, 15) is 23.6 Å². The number of nitrogens with zero attached hydrogens (tertiary/aromatic N) is 2. The highest BCUT2D eigenvalue weighted by Gasteiger charge is 2.24. The number of halogens is 1. The summed E-state index contributed by atoms with van der Waals surface area (Å²) in [6.45, 7) is 1.88. The molecule has 0 fully saturated rings. The van der Waals surface area contributed by atoms with Crippen LogP contribution < -0.4 is 29.6 Å². The molecular weight excluding hydrogens is 276 g/mol. The van der Waals surface area contributed by atoms with Gasteiger partial charge in [0.05, 0.1) is 4.39 Å². The van der Waals surface area contributed by atoms with Crippen LogP contribution in [0.2, 0.25) is 0 Å². The maximum Gasteiger partial charge on any atom is 0.388 e. The molecule has 10 heteroatoms. The van der Waals surface area contributed by atoms with Crippen molar-refractivity contribution in [1.82, 2.24) is 8.70 Å². The first-order valence-electron chi connectivity index (χ1n) is 4.44. The third-order valence-electron chi connectivity index (χ3n) is 1.50. The SMILES string of the molecule is CCCSn1ccc(=O)n(O[Cl+3]([O-])([O-])[O-])c1=O. The van der Waals surface area contributed by atoms with E-state index in [4.69, 9.17) is 0 Å². The fourth-order valence-corrected chi connectivity index (χ4v) is 1.89. The third kappa shape index (κ3) is 4.06. The molecule has 0 amide bonds. The Balaban J connectivity index is 3.12. The maximum atomic E-state index is 11.5. The molecule has 0 spiro atoms. The summed E-state index contributed by atoms with van der Waals surface area (Å²) in [4.78, 5) is 22.7. The second kappa shape index (κ2) is 5.56. The van der Waals surface area contributed by atoms with Crippen LogP contribution in [-0.2, 0) is 0 Å². The lowest BCUT2D eigenvalue weighted by Gasteiger charge is -2.11. The van der Waals surface area contributed by atoms with Crippen molar-refractivity contribution in [3.05, 3.63) is 33.1 Å². The van der Waals surface area contributed by atoms with E-state index in [0.717, 1.165) is 28.4 Å². The Hall–Kier alpha value is -1.00. The van der Waals surface area contributed by atoms with E-state index in [2.05, 4.69) is 4.39 Å². The topological polar surface area (TPSA) is 122 Å². The van der Waals surface area contributed by atoms with Crippen LogP contribution in [0.25, 0.3) is 0 Å². The zero-order valence-electron chi connectivity index (χ0n) is 8.70. The van der Waals surface area contributed by atoms with Crippen LogP contribution in [0, 0.1) is 10.2 Å². The molecule has 1 aromatic heterocycles. The minimum Gasteiger partial charge on any atom is -0.265 e. The molecule has 96 valence electrons. The standard InChI is InChI=1S/C7H9ClN2O6S/c1-2-5-17-9-4-3-6(11)10(7(9)12)16-8(13,14)15/h3-4H,2,5H2,1H3. The van der Waals surface area contributed by atoms with Crippen LogP contribution in [0.15, 0.2) is 21.9 Å². The predicted octanol–water partition coefficient (Wildman–Crippen LogP) is -3.76. The molecule has 0 radical (unpaired) electrons. The monoisotopic (exact) mass is 284 g/mol. The molecule has 8 nitrogen and oxygen atoms in total. The highest BCUT2D eigenvalue weighted by molar-refractivity contribution is 7.97. The summed E-state index contributed by atoms with van der Waals surface area (Å²) >= 11 is 1.06. The molecule has 1 aromatic rings. The fraction of sp³-hybridized carbons (Fsp3) is 0.429. The zero-order chi connectivity index (χ0) is 13.1. The Morgan fingerprint density at radius 1 is 1.41 bits per heavy atom. The van der Waals surface area contributed by atoms with Crippen molar-refractivity contribution in [2.75, 3.05) is 5.75 Å². The minimum atomic E-state index is -4.89. The van der Waals surface area contributed by atoms with Gasteiger partial charge < -0.3 is 0 Å². The molecule has 0 saturated carbocycles. The lowest BCUT2D eigenvalue weighted by Crippen LogP contribution is -2.67. The summed E-state index contributed by atoms with van der Waals surface area (Å²) < 4.78 is 35.6. The lowest BCUT2D eigenvalue weighted by molar-refractivity contribution is -1.92. The van der Waals surface area contributed by atoms with Gasteiger partial charge in [-0.05, 0) is 18.4 Å². The minimum absolute atomic E-state index is 0.105. The van der Waals surface area contributed by atoms with Gasteiger partial charge in [-0.1, -0.05) is 6.92 Å². The van der Waals surface area contributed by atoms with Gasteiger partial charge in [0.2, 0.25) is 0 Å².